The lowest BCUT2D eigenvalue weighted by Crippen LogP contribution is -2.00. The van der Waals surface area contributed by atoms with Crippen LogP contribution in [0.3, 0.4) is 0 Å². The molecular weight excluding hydrogens is 137 g/mol. The molecule has 4 heteroatoms. The highest BCUT2D eigenvalue weighted by Gasteiger charge is 2.21. The Morgan fingerprint density at radius 1 is 1.38 bits per heavy atom. The quantitative estimate of drug-likeness (QED) is 0.491. The summed E-state index contributed by atoms with van der Waals surface area (Å²) >= 11 is 4.23. The molecule has 0 heterocycles. The van der Waals surface area contributed by atoms with Crippen molar-refractivity contribution in [3.05, 3.63) is 12.2 Å². The molecule has 0 saturated heterocycles. The Hall–Kier alpha value is -0.120. The van der Waals surface area contributed by atoms with Crippen LogP contribution in [0.2, 0.25) is 0 Å². The molecule has 0 aliphatic carbocycles. The predicted molar refractivity (Wildman–Crippen MR) is 27.7 cm³/mol. The average molecular weight is 141 g/mol. The molecule has 0 aliphatic heterocycles. The second kappa shape index (κ2) is 3.02. The Kier molecular flexibility index (Phi) is 2.97. The lowest BCUT2D eigenvalue weighted by molar-refractivity contribution is -0.0799. The average Bonchev–Trinajstić information content (AvgIpc) is 1.59. The van der Waals surface area contributed by atoms with Gasteiger partial charge in [0.2, 0.25) is 0 Å². The van der Waals surface area contributed by atoms with E-state index >= 15 is 0 Å². The molecule has 0 amide bonds. The summed E-state index contributed by atoms with van der Waals surface area (Å²) in [4.78, 5) is 0. The summed E-state index contributed by atoms with van der Waals surface area (Å²) in [6.07, 6.45) is -3.16. The zero-order valence-electron chi connectivity index (χ0n) is 3.90. The molecule has 0 atom stereocenters. The minimum Gasteiger partial charge on any atom is -0.167 e. The maximum atomic E-state index is 11.1. The van der Waals surface area contributed by atoms with Gasteiger partial charge >= 0.3 is 6.18 Å². The van der Waals surface area contributed by atoms with Gasteiger partial charge in [-0.25, -0.2) is 0 Å². The largest absolute Gasteiger partial charge is 0.409 e. The standard InChI is InChI=1S/C4H4F3S/c5-4(6,7)2-1-3-8/h1-2H,3H2/b2-1+. The van der Waals surface area contributed by atoms with Gasteiger partial charge in [0.1, 0.15) is 0 Å². The van der Waals surface area contributed by atoms with E-state index < -0.39 is 6.18 Å². The van der Waals surface area contributed by atoms with Gasteiger partial charge in [0.15, 0.2) is 0 Å². The first-order valence-electron chi connectivity index (χ1n) is 1.89. The van der Waals surface area contributed by atoms with E-state index in [1.54, 1.807) is 0 Å². The van der Waals surface area contributed by atoms with Crippen LogP contribution in [0.25, 0.3) is 0 Å². The fraction of sp³-hybridized carbons (Fsp3) is 0.500. The maximum Gasteiger partial charge on any atom is 0.409 e. The number of hydrogen-bond donors (Lipinski definition) is 0. The van der Waals surface area contributed by atoms with E-state index in [1.807, 2.05) is 0 Å². The number of alkyl halides is 3. The topological polar surface area (TPSA) is 0 Å². The molecule has 0 aromatic carbocycles. The molecule has 1 radical (unpaired) electrons. The van der Waals surface area contributed by atoms with Gasteiger partial charge in [0.05, 0.1) is 0 Å². The highest BCUT2D eigenvalue weighted by molar-refractivity contribution is 7.80. The zero-order valence-corrected chi connectivity index (χ0v) is 4.72. The molecule has 0 aliphatic rings. The van der Waals surface area contributed by atoms with Gasteiger partial charge in [-0.15, -0.1) is 0 Å². The molecule has 0 saturated carbocycles. The van der Waals surface area contributed by atoms with Gasteiger partial charge in [-0.2, -0.15) is 13.2 Å². The van der Waals surface area contributed by atoms with Crippen molar-refractivity contribution in [3.63, 3.8) is 0 Å². The van der Waals surface area contributed by atoms with Crippen LogP contribution in [0.15, 0.2) is 12.2 Å². The fourth-order valence-electron chi connectivity index (χ4n) is 0.182. The Balaban J connectivity index is 3.52. The van der Waals surface area contributed by atoms with Crippen molar-refractivity contribution in [3.8, 4) is 0 Å². The first-order valence-corrected chi connectivity index (χ1v) is 2.46. The number of rotatable bonds is 1. The van der Waals surface area contributed by atoms with Crippen molar-refractivity contribution < 1.29 is 13.2 Å². The first-order chi connectivity index (χ1) is 3.56. The van der Waals surface area contributed by atoms with E-state index in [2.05, 4.69) is 12.6 Å². The normalized spacial score (nSPS) is 13.0. The van der Waals surface area contributed by atoms with Crippen LogP contribution in [-0.4, -0.2) is 11.9 Å². The van der Waals surface area contributed by atoms with Crippen LogP contribution in [0, 0.1) is 0 Å². The van der Waals surface area contributed by atoms with Crippen LogP contribution in [0.1, 0.15) is 0 Å². The second-order valence-corrected chi connectivity index (χ2v) is 1.44. The van der Waals surface area contributed by atoms with Gasteiger partial charge in [0, 0.05) is 11.8 Å². The number of hydrogen-bond acceptors (Lipinski definition) is 0. The van der Waals surface area contributed by atoms with E-state index in [-0.39, 0.29) is 11.8 Å². The molecule has 0 nitrogen and oxygen atoms in total. The summed E-state index contributed by atoms with van der Waals surface area (Å²) < 4.78 is 33.3. The maximum absolute atomic E-state index is 11.1. The monoisotopic (exact) mass is 141 g/mol. The van der Waals surface area contributed by atoms with E-state index in [0.717, 1.165) is 6.08 Å². The van der Waals surface area contributed by atoms with Crippen molar-refractivity contribution in [2.75, 3.05) is 5.75 Å². The Morgan fingerprint density at radius 3 is 2.00 bits per heavy atom. The molecule has 0 unspecified atom stereocenters. The molecule has 47 valence electrons. The van der Waals surface area contributed by atoms with Crippen LogP contribution < -0.4 is 0 Å². The molecule has 0 aromatic heterocycles. The Bertz CT molecular complexity index is 83.8. The van der Waals surface area contributed by atoms with Crippen LogP contribution >= 0.6 is 12.6 Å². The molecule has 0 fully saturated rings. The van der Waals surface area contributed by atoms with Crippen molar-refractivity contribution >= 4 is 12.6 Å². The lowest BCUT2D eigenvalue weighted by atomic mass is 10.5. The van der Waals surface area contributed by atoms with E-state index in [0.29, 0.717) is 0 Å². The first kappa shape index (κ1) is 7.88. The highest BCUT2D eigenvalue weighted by atomic mass is 32.1. The van der Waals surface area contributed by atoms with E-state index in [9.17, 15) is 13.2 Å². The smallest absolute Gasteiger partial charge is 0.167 e. The molecule has 0 bridgehead atoms. The van der Waals surface area contributed by atoms with Crippen LogP contribution in [0.4, 0.5) is 13.2 Å². The molecule has 0 N–H and O–H groups in total. The summed E-state index contributed by atoms with van der Waals surface area (Å²) in [5.41, 5.74) is 0. The van der Waals surface area contributed by atoms with Crippen molar-refractivity contribution in [1.82, 2.24) is 0 Å². The lowest BCUT2D eigenvalue weighted by Gasteiger charge is -1.94. The van der Waals surface area contributed by atoms with E-state index in [1.165, 1.54) is 0 Å². The molecular formula is C4H4F3S. The molecule has 0 rings (SSSR count). The van der Waals surface area contributed by atoms with Gasteiger partial charge < -0.3 is 0 Å². The second-order valence-electron chi connectivity index (χ2n) is 1.11. The van der Waals surface area contributed by atoms with Gasteiger partial charge in [-0.3, -0.25) is 0 Å². The summed E-state index contributed by atoms with van der Waals surface area (Å²) in [6, 6.07) is 0. The summed E-state index contributed by atoms with van der Waals surface area (Å²) in [5.74, 6) is 0.0134. The minimum absolute atomic E-state index is 0.0134. The van der Waals surface area contributed by atoms with Crippen molar-refractivity contribution in [2.45, 2.75) is 6.18 Å². The van der Waals surface area contributed by atoms with Gasteiger partial charge in [0.25, 0.3) is 0 Å². The third-order valence-corrected chi connectivity index (χ3v) is 0.596. The van der Waals surface area contributed by atoms with Crippen LogP contribution in [-0.2, 0) is 0 Å². The van der Waals surface area contributed by atoms with Gasteiger partial charge in [-0.05, 0) is 0 Å². The summed E-state index contributed by atoms with van der Waals surface area (Å²) in [6.45, 7) is 0. The molecule has 0 spiro atoms. The van der Waals surface area contributed by atoms with Gasteiger partial charge in [-0.1, -0.05) is 18.7 Å². The summed E-state index contributed by atoms with van der Waals surface area (Å²) in [7, 11) is 0. The Morgan fingerprint density at radius 2 is 1.88 bits per heavy atom. The molecule has 8 heavy (non-hydrogen) atoms. The Labute approximate surface area is 50.8 Å². The SMILES string of the molecule is FC(F)(F)/C=C/C[S]. The van der Waals surface area contributed by atoms with Crippen molar-refractivity contribution in [2.24, 2.45) is 0 Å². The zero-order chi connectivity index (χ0) is 6.62. The predicted octanol–water partition coefficient (Wildman–Crippen LogP) is 2.30. The van der Waals surface area contributed by atoms with Crippen molar-refractivity contribution in [1.29, 1.82) is 0 Å². The highest BCUT2D eigenvalue weighted by Crippen LogP contribution is 2.15. The van der Waals surface area contributed by atoms with Crippen LogP contribution in [0.5, 0.6) is 0 Å². The van der Waals surface area contributed by atoms with E-state index in [4.69, 9.17) is 0 Å². The molecule has 0 aromatic rings. The third kappa shape index (κ3) is 5.88. The fourth-order valence-corrected chi connectivity index (χ4v) is 0.278. The third-order valence-electron chi connectivity index (χ3n) is 0.403. The number of allylic oxidation sites excluding steroid dienone is 1. The number of halogens is 3. The summed E-state index contributed by atoms with van der Waals surface area (Å²) in [5, 5.41) is 0. The minimum atomic E-state index is -4.20.